The van der Waals surface area contributed by atoms with Gasteiger partial charge in [0.2, 0.25) is 0 Å². The number of nitrogen functional groups attached to an aromatic ring is 1. The fraction of sp³-hybridized carbons (Fsp3) is 0.278. The molecule has 0 bridgehead atoms. The van der Waals surface area contributed by atoms with Crippen molar-refractivity contribution >= 4 is 28.9 Å². The number of hydrogen-bond acceptors (Lipinski definition) is 3. The lowest BCUT2D eigenvalue weighted by Gasteiger charge is -2.21. The average Bonchev–Trinajstić information content (AvgIpc) is 2.54. The molecule has 2 aromatic rings. The molecule has 5 heteroatoms. The van der Waals surface area contributed by atoms with E-state index in [1.165, 1.54) is 0 Å². The SMILES string of the molecule is CCN(CC)Cc1cc(Cl)c(-c2ccccc2Cl)c(N)c1C#N. The molecule has 23 heavy (non-hydrogen) atoms. The summed E-state index contributed by atoms with van der Waals surface area (Å²) >= 11 is 12.7. The first-order valence-electron chi connectivity index (χ1n) is 7.51. The van der Waals surface area contributed by atoms with Crippen LogP contribution in [0.2, 0.25) is 10.0 Å². The zero-order chi connectivity index (χ0) is 17.0. The maximum absolute atomic E-state index is 9.56. The highest BCUT2D eigenvalue weighted by Gasteiger charge is 2.19. The van der Waals surface area contributed by atoms with Crippen molar-refractivity contribution < 1.29 is 0 Å². The largest absolute Gasteiger partial charge is 0.397 e. The minimum Gasteiger partial charge on any atom is -0.397 e. The number of nitrogens with two attached hydrogens (primary N) is 1. The molecule has 0 unspecified atom stereocenters. The Morgan fingerprint density at radius 2 is 1.78 bits per heavy atom. The molecule has 120 valence electrons. The first-order valence-corrected chi connectivity index (χ1v) is 8.27. The second-order valence-electron chi connectivity index (χ2n) is 5.23. The summed E-state index contributed by atoms with van der Waals surface area (Å²) in [6.45, 7) is 6.59. The highest BCUT2D eigenvalue weighted by molar-refractivity contribution is 6.37. The van der Waals surface area contributed by atoms with Gasteiger partial charge in [0, 0.05) is 22.7 Å². The van der Waals surface area contributed by atoms with Crippen LogP contribution < -0.4 is 5.73 Å². The number of benzene rings is 2. The van der Waals surface area contributed by atoms with Crippen LogP contribution in [0.25, 0.3) is 11.1 Å². The van der Waals surface area contributed by atoms with Gasteiger partial charge in [-0.2, -0.15) is 5.26 Å². The maximum atomic E-state index is 9.56. The number of nitriles is 1. The summed E-state index contributed by atoms with van der Waals surface area (Å²) in [5.41, 5.74) is 9.33. The molecule has 0 aliphatic heterocycles. The Kier molecular flexibility index (Phi) is 5.90. The molecule has 2 N–H and O–H groups in total. The smallest absolute Gasteiger partial charge is 0.102 e. The second kappa shape index (κ2) is 7.70. The van der Waals surface area contributed by atoms with E-state index < -0.39 is 0 Å². The fourth-order valence-corrected chi connectivity index (χ4v) is 3.17. The van der Waals surface area contributed by atoms with Crippen LogP contribution in [0.4, 0.5) is 5.69 Å². The zero-order valence-corrected chi connectivity index (χ0v) is 14.7. The Morgan fingerprint density at radius 1 is 1.13 bits per heavy atom. The van der Waals surface area contributed by atoms with Gasteiger partial charge in [-0.15, -0.1) is 0 Å². The maximum Gasteiger partial charge on any atom is 0.102 e. The minimum absolute atomic E-state index is 0.384. The molecule has 0 radical (unpaired) electrons. The van der Waals surface area contributed by atoms with E-state index in [9.17, 15) is 5.26 Å². The number of halogens is 2. The first kappa shape index (κ1) is 17.6. The minimum atomic E-state index is 0.384. The normalized spacial score (nSPS) is 10.8. The van der Waals surface area contributed by atoms with Crippen molar-refractivity contribution in [2.75, 3.05) is 18.8 Å². The van der Waals surface area contributed by atoms with Crippen molar-refractivity contribution in [3.63, 3.8) is 0 Å². The van der Waals surface area contributed by atoms with E-state index in [0.717, 1.165) is 24.2 Å². The van der Waals surface area contributed by atoms with Gasteiger partial charge < -0.3 is 5.73 Å². The van der Waals surface area contributed by atoms with Crippen molar-refractivity contribution in [1.82, 2.24) is 4.90 Å². The van der Waals surface area contributed by atoms with Crippen LogP contribution in [0.5, 0.6) is 0 Å². The number of nitrogens with zero attached hydrogens (tertiary/aromatic N) is 2. The topological polar surface area (TPSA) is 53.0 Å². The third kappa shape index (κ3) is 3.61. The van der Waals surface area contributed by atoms with E-state index in [0.29, 0.717) is 33.4 Å². The highest BCUT2D eigenvalue weighted by Crippen LogP contribution is 2.40. The number of anilines is 1. The van der Waals surface area contributed by atoms with Crippen LogP contribution in [0.3, 0.4) is 0 Å². The predicted molar refractivity (Wildman–Crippen MR) is 97.7 cm³/mol. The lowest BCUT2D eigenvalue weighted by atomic mass is 9.96. The molecule has 3 nitrogen and oxygen atoms in total. The van der Waals surface area contributed by atoms with Gasteiger partial charge in [0.15, 0.2) is 0 Å². The van der Waals surface area contributed by atoms with E-state index >= 15 is 0 Å². The van der Waals surface area contributed by atoms with E-state index in [1.54, 1.807) is 6.07 Å². The van der Waals surface area contributed by atoms with E-state index in [2.05, 4.69) is 24.8 Å². The van der Waals surface area contributed by atoms with Crippen molar-refractivity contribution in [2.24, 2.45) is 0 Å². The van der Waals surface area contributed by atoms with Crippen molar-refractivity contribution in [2.45, 2.75) is 20.4 Å². The molecule has 0 spiro atoms. The van der Waals surface area contributed by atoms with Crippen LogP contribution in [-0.4, -0.2) is 18.0 Å². The summed E-state index contributed by atoms with van der Waals surface area (Å²) < 4.78 is 0. The van der Waals surface area contributed by atoms with Crippen LogP contribution in [0.15, 0.2) is 30.3 Å². The average molecular weight is 348 g/mol. The third-order valence-corrected chi connectivity index (χ3v) is 4.57. The van der Waals surface area contributed by atoms with Gasteiger partial charge in [0.25, 0.3) is 0 Å². The molecule has 0 saturated carbocycles. The molecular formula is C18H19Cl2N3. The Labute approximate surface area is 147 Å². The second-order valence-corrected chi connectivity index (χ2v) is 6.05. The predicted octanol–water partition coefficient (Wildman–Crippen LogP) is 4.96. The van der Waals surface area contributed by atoms with Crippen molar-refractivity contribution in [1.29, 1.82) is 5.26 Å². The zero-order valence-electron chi connectivity index (χ0n) is 13.2. The van der Waals surface area contributed by atoms with Crippen LogP contribution in [-0.2, 0) is 6.54 Å². The van der Waals surface area contributed by atoms with E-state index in [4.69, 9.17) is 28.9 Å². The Morgan fingerprint density at radius 3 is 2.35 bits per heavy atom. The fourth-order valence-electron chi connectivity index (χ4n) is 2.61. The summed E-state index contributed by atoms with van der Waals surface area (Å²) in [5, 5.41) is 10.6. The highest BCUT2D eigenvalue weighted by atomic mass is 35.5. The van der Waals surface area contributed by atoms with Crippen LogP contribution in [0.1, 0.15) is 25.0 Å². The molecule has 2 rings (SSSR count). The lowest BCUT2D eigenvalue weighted by molar-refractivity contribution is 0.295. The molecule has 0 heterocycles. The Balaban J connectivity index is 2.61. The van der Waals surface area contributed by atoms with Crippen LogP contribution in [0, 0.1) is 11.3 Å². The molecule has 0 fully saturated rings. The molecule has 0 amide bonds. The first-order chi connectivity index (χ1) is 11.0. The lowest BCUT2D eigenvalue weighted by Crippen LogP contribution is -2.23. The van der Waals surface area contributed by atoms with Gasteiger partial charge in [-0.1, -0.05) is 55.2 Å². The van der Waals surface area contributed by atoms with Crippen molar-refractivity contribution in [3.05, 3.63) is 51.5 Å². The van der Waals surface area contributed by atoms with Crippen LogP contribution >= 0.6 is 23.2 Å². The number of hydrogen-bond donors (Lipinski definition) is 1. The Hall–Kier alpha value is -1.73. The molecule has 0 aliphatic rings. The van der Waals surface area contributed by atoms with Crippen molar-refractivity contribution in [3.8, 4) is 17.2 Å². The molecule has 0 aromatic heterocycles. The molecule has 0 saturated heterocycles. The standard InChI is InChI=1S/C18H19Cl2N3/c1-3-23(4-2)11-12-9-16(20)17(18(22)14(12)10-21)13-7-5-6-8-15(13)19/h5-9H,3-4,11,22H2,1-2H3. The van der Waals surface area contributed by atoms with E-state index in [1.807, 2.05) is 24.3 Å². The Bertz CT molecular complexity index is 747. The van der Waals surface area contributed by atoms with Gasteiger partial charge in [-0.25, -0.2) is 0 Å². The van der Waals surface area contributed by atoms with E-state index in [-0.39, 0.29) is 0 Å². The monoisotopic (exact) mass is 347 g/mol. The number of rotatable bonds is 5. The van der Waals surface area contributed by atoms with Gasteiger partial charge in [-0.3, -0.25) is 4.90 Å². The molecule has 0 atom stereocenters. The summed E-state index contributed by atoms with van der Waals surface area (Å²) in [6.07, 6.45) is 0. The summed E-state index contributed by atoms with van der Waals surface area (Å²) in [4.78, 5) is 2.21. The third-order valence-electron chi connectivity index (χ3n) is 3.94. The summed E-state index contributed by atoms with van der Waals surface area (Å²) in [6, 6.07) is 11.4. The molecular weight excluding hydrogens is 329 g/mol. The summed E-state index contributed by atoms with van der Waals surface area (Å²) in [7, 11) is 0. The van der Waals surface area contributed by atoms with Gasteiger partial charge in [-0.05, 0) is 30.8 Å². The quantitative estimate of drug-likeness (QED) is 0.778. The molecule has 2 aromatic carbocycles. The van der Waals surface area contributed by atoms with Gasteiger partial charge in [0.1, 0.15) is 6.07 Å². The molecule has 0 aliphatic carbocycles. The summed E-state index contributed by atoms with van der Waals surface area (Å²) in [5.74, 6) is 0. The van der Waals surface area contributed by atoms with Gasteiger partial charge >= 0.3 is 0 Å². The van der Waals surface area contributed by atoms with Gasteiger partial charge in [0.05, 0.1) is 16.3 Å².